The minimum Gasteiger partial charge on any atom is -0.421 e. The third kappa shape index (κ3) is 4.14. The molecule has 0 saturated heterocycles. The second-order valence-corrected chi connectivity index (χ2v) is 7.00. The molecule has 0 saturated carbocycles. The number of hydrogen-bond donors (Lipinski definition) is 0. The molecule has 0 N–H and O–H groups in total. The summed E-state index contributed by atoms with van der Waals surface area (Å²) in [4.78, 5) is 14.2. The fraction of sp³-hybridized carbons (Fsp3) is 0.316. The molecule has 0 aliphatic carbocycles. The summed E-state index contributed by atoms with van der Waals surface area (Å²) < 4.78 is 5.63. The minimum atomic E-state index is 0.0242. The second kappa shape index (κ2) is 7.61. The topological polar surface area (TPSA) is 59.2 Å². The van der Waals surface area contributed by atoms with E-state index in [1.54, 1.807) is 23.3 Å². The van der Waals surface area contributed by atoms with Gasteiger partial charge in [0.15, 0.2) is 0 Å². The Hall–Kier alpha value is -2.47. The van der Waals surface area contributed by atoms with Crippen LogP contribution in [0.5, 0.6) is 0 Å². The number of thiophene rings is 1. The number of rotatable bonds is 6. The van der Waals surface area contributed by atoms with Gasteiger partial charge >= 0.3 is 0 Å². The maximum atomic E-state index is 12.5. The van der Waals surface area contributed by atoms with Gasteiger partial charge in [0.1, 0.15) is 0 Å². The summed E-state index contributed by atoms with van der Waals surface area (Å²) in [6.45, 7) is 4.28. The number of aromatic nitrogens is 2. The minimum absolute atomic E-state index is 0.0242. The molecular weight excluding hydrogens is 334 g/mol. The molecule has 2 aromatic heterocycles. The number of benzene rings is 1. The van der Waals surface area contributed by atoms with Crippen LogP contribution in [-0.2, 0) is 11.2 Å². The number of nitrogens with zero attached hydrogens (tertiary/aromatic N) is 3. The molecule has 0 spiro atoms. The summed E-state index contributed by atoms with van der Waals surface area (Å²) in [6, 6.07) is 10.0. The van der Waals surface area contributed by atoms with Crippen molar-refractivity contribution in [2.24, 2.45) is 0 Å². The first-order valence-electron chi connectivity index (χ1n) is 8.26. The zero-order valence-electron chi connectivity index (χ0n) is 14.6. The second-order valence-electron chi connectivity index (χ2n) is 6.22. The van der Waals surface area contributed by atoms with Crippen LogP contribution < -0.4 is 4.90 Å². The van der Waals surface area contributed by atoms with Gasteiger partial charge in [-0.05, 0) is 35.1 Å². The quantitative estimate of drug-likeness (QED) is 0.652. The number of carbonyl (C=O) groups is 1. The standard InChI is InChI=1S/C19H21N3O2S/c1-13(2)14-5-4-6-16(11-14)22(3)18(23)8-7-17-20-21-19(24-17)15-9-10-25-12-15/h4-6,9-13H,7-8H2,1-3H3. The molecule has 3 rings (SSSR count). The van der Waals surface area contributed by atoms with Crippen molar-refractivity contribution in [1.29, 1.82) is 0 Å². The Morgan fingerprint density at radius 3 is 2.84 bits per heavy atom. The Bertz CT molecular complexity index is 840. The number of anilines is 1. The Morgan fingerprint density at radius 2 is 2.12 bits per heavy atom. The summed E-state index contributed by atoms with van der Waals surface area (Å²) in [5.74, 6) is 1.44. The molecule has 5 nitrogen and oxygen atoms in total. The van der Waals surface area contributed by atoms with Gasteiger partial charge in [-0.2, -0.15) is 11.3 Å². The summed E-state index contributed by atoms with van der Waals surface area (Å²) in [7, 11) is 1.80. The third-order valence-corrected chi connectivity index (χ3v) is 4.77. The van der Waals surface area contributed by atoms with Crippen LogP contribution in [0, 0.1) is 0 Å². The van der Waals surface area contributed by atoms with Gasteiger partial charge in [0.05, 0.1) is 0 Å². The molecule has 0 bridgehead atoms. The monoisotopic (exact) mass is 355 g/mol. The normalized spacial score (nSPS) is 11.0. The molecule has 0 unspecified atom stereocenters. The maximum Gasteiger partial charge on any atom is 0.248 e. The summed E-state index contributed by atoms with van der Waals surface area (Å²) >= 11 is 1.58. The maximum absolute atomic E-state index is 12.5. The van der Waals surface area contributed by atoms with Gasteiger partial charge in [-0.1, -0.05) is 26.0 Å². The van der Waals surface area contributed by atoms with Gasteiger partial charge in [0.2, 0.25) is 17.7 Å². The van der Waals surface area contributed by atoms with Gasteiger partial charge < -0.3 is 9.32 Å². The molecule has 0 radical (unpaired) electrons. The molecule has 25 heavy (non-hydrogen) atoms. The van der Waals surface area contributed by atoms with E-state index >= 15 is 0 Å². The Labute approximate surface area is 151 Å². The van der Waals surface area contributed by atoms with Gasteiger partial charge in [0, 0.05) is 36.5 Å². The fourth-order valence-corrected chi connectivity index (χ4v) is 3.11. The van der Waals surface area contributed by atoms with Gasteiger partial charge in [-0.25, -0.2) is 0 Å². The number of aryl methyl sites for hydroxylation is 1. The highest BCUT2D eigenvalue weighted by Crippen LogP contribution is 2.23. The number of carbonyl (C=O) groups excluding carboxylic acids is 1. The molecule has 0 aliphatic heterocycles. The van der Waals surface area contributed by atoms with Crippen LogP contribution in [0.1, 0.15) is 37.6 Å². The highest BCUT2D eigenvalue weighted by molar-refractivity contribution is 7.08. The van der Waals surface area contributed by atoms with Crippen LogP contribution in [-0.4, -0.2) is 23.2 Å². The van der Waals surface area contributed by atoms with Gasteiger partial charge in [-0.15, -0.1) is 10.2 Å². The van der Waals surface area contributed by atoms with E-state index in [0.29, 0.717) is 30.5 Å². The van der Waals surface area contributed by atoms with Crippen molar-refractivity contribution >= 4 is 22.9 Å². The molecule has 0 aliphatic rings. The predicted molar refractivity (Wildman–Crippen MR) is 99.9 cm³/mol. The molecular formula is C19H21N3O2S. The highest BCUT2D eigenvalue weighted by Gasteiger charge is 2.15. The summed E-state index contributed by atoms with van der Waals surface area (Å²) in [6.07, 6.45) is 0.762. The fourth-order valence-electron chi connectivity index (χ4n) is 2.48. The van der Waals surface area contributed by atoms with E-state index < -0.39 is 0 Å². The summed E-state index contributed by atoms with van der Waals surface area (Å²) in [5, 5.41) is 12.0. The van der Waals surface area contributed by atoms with Crippen LogP contribution in [0.15, 0.2) is 45.5 Å². The van der Waals surface area contributed by atoms with Gasteiger partial charge in [0.25, 0.3) is 0 Å². The Morgan fingerprint density at radius 1 is 1.28 bits per heavy atom. The average molecular weight is 355 g/mol. The van der Waals surface area contributed by atoms with Crippen LogP contribution in [0.25, 0.3) is 11.5 Å². The first-order valence-corrected chi connectivity index (χ1v) is 9.20. The average Bonchev–Trinajstić information content (AvgIpc) is 3.30. The van der Waals surface area contributed by atoms with E-state index in [9.17, 15) is 4.79 Å². The van der Waals surface area contributed by atoms with E-state index in [2.05, 4.69) is 36.2 Å². The van der Waals surface area contributed by atoms with Crippen LogP contribution in [0.3, 0.4) is 0 Å². The number of hydrogen-bond acceptors (Lipinski definition) is 5. The van der Waals surface area contributed by atoms with Crippen molar-refractivity contribution in [3.05, 3.63) is 52.5 Å². The van der Waals surface area contributed by atoms with E-state index in [-0.39, 0.29) is 5.91 Å². The van der Waals surface area contributed by atoms with Crippen LogP contribution in [0.4, 0.5) is 5.69 Å². The lowest BCUT2D eigenvalue weighted by atomic mass is 10.0. The van der Waals surface area contributed by atoms with Crippen LogP contribution >= 0.6 is 11.3 Å². The molecule has 6 heteroatoms. The third-order valence-electron chi connectivity index (χ3n) is 4.09. The molecule has 0 atom stereocenters. The van der Waals surface area contributed by atoms with Gasteiger partial charge in [-0.3, -0.25) is 4.79 Å². The van der Waals surface area contributed by atoms with E-state index in [1.165, 1.54) is 5.56 Å². The SMILES string of the molecule is CC(C)c1cccc(N(C)C(=O)CCc2nnc(-c3ccsc3)o2)c1. The Balaban J connectivity index is 1.61. The number of amides is 1. The lowest BCUT2D eigenvalue weighted by Gasteiger charge is -2.18. The van der Waals surface area contributed by atoms with Crippen molar-refractivity contribution < 1.29 is 9.21 Å². The molecule has 130 valence electrons. The molecule has 0 fully saturated rings. The smallest absolute Gasteiger partial charge is 0.248 e. The lowest BCUT2D eigenvalue weighted by molar-refractivity contribution is -0.118. The first-order chi connectivity index (χ1) is 12.0. The molecule has 2 heterocycles. The summed E-state index contributed by atoms with van der Waals surface area (Å²) in [5.41, 5.74) is 3.04. The van der Waals surface area contributed by atoms with Crippen molar-refractivity contribution in [3.8, 4) is 11.5 Å². The first kappa shape index (κ1) is 17.4. The van der Waals surface area contributed by atoms with E-state index in [4.69, 9.17) is 4.42 Å². The van der Waals surface area contributed by atoms with Crippen molar-refractivity contribution in [2.75, 3.05) is 11.9 Å². The van der Waals surface area contributed by atoms with Crippen molar-refractivity contribution in [1.82, 2.24) is 10.2 Å². The predicted octanol–water partition coefficient (Wildman–Crippen LogP) is 4.52. The molecule has 1 aromatic carbocycles. The zero-order valence-corrected chi connectivity index (χ0v) is 15.4. The lowest BCUT2D eigenvalue weighted by Crippen LogP contribution is -2.26. The van der Waals surface area contributed by atoms with Crippen molar-refractivity contribution in [2.45, 2.75) is 32.6 Å². The zero-order chi connectivity index (χ0) is 17.8. The van der Waals surface area contributed by atoms with Crippen molar-refractivity contribution in [3.63, 3.8) is 0 Å². The molecule has 3 aromatic rings. The molecule has 1 amide bonds. The van der Waals surface area contributed by atoms with Crippen LogP contribution in [0.2, 0.25) is 0 Å². The van der Waals surface area contributed by atoms with E-state index in [1.807, 2.05) is 29.0 Å². The van der Waals surface area contributed by atoms with E-state index in [0.717, 1.165) is 11.3 Å². The Kier molecular flexibility index (Phi) is 5.28. The largest absolute Gasteiger partial charge is 0.421 e. The highest BCUT2D eigenvalue weighted by atomic mass is 32.1.